The molecule has 6 nitrogen and oxygen atoms in total. The molecular weight excluding hydrogens is 553 g/mol. The fraction of sp³-hybridized carbons (Fsp3) is 0.742. The standard InChI is InChI=1S/C31H53F3O6Si/c1-9-11-12-13-15-18-21-26(40-41(7,8)29(3,4)5)24-30(36,31(32,33)34)27(39-25-37-6)22-19-16-14-17-20-23-28(35)38-10-2/h18-19,21,24,36H,9-17,20,23,25H2,1-8H3/b21-18+,26-24+. The molecule has 238 valence electrons. The third kappa shape index (κ3) is 15.2. The van der Waals surface area contributed by atoms with Crippen molar-refractivity contribution in [3.8, 4) is 0 Å². The molecule has 0 spiro atoms. The normalized spacial score (nSPS) is 14.4. The first-order valence-corrected chi connectivity index (χ1v) is 17.6. The molecule has 0 bridgehead atoms. The van der Waals surface area contributed by atoms with Crippen LogP contribution >= 0.6 is 0 Å². The topological polar surface area (TPSA) is 74.2 Å². The molecule has 0 aliphatic carbocycles. The largest absolute Gasteiger partial charge is 0.544 e. The van der Waals surface area contributed by atoms with Crippen LogP contribution in [0.25, 0.3) is 0 Å². The second-order valence-corrected chi connectivity index (χ2v) is 16.3. The highest BCUT2D eigenvalue weighted by Crippen LogP contribution is 2.42. The molecule has 10 heteroatoms. The number of rotatable bonds is 20. The van der Waals surface area contributed by atoms with Gasteiger partial charge in [0.2, 0.25) is 13.9 Å². The third-order valence-corrected chi connectivity index (χ3v) is 11.3. The molecule has 0 radical (unpaired) electrons. The lowest BCUT2D eigenvalue weighted by Gasteiger charge is -2.37. The number of unbranched alkanes of at least 4 members (excludes halogenated alkanes) is 7. The molecule has 1 N–H and O–H groups in total. The Hall–Kier alpha value is -2.00. The van der Waals surface area contributed by atoms with Crippen molar-refractivity contribution in [2.45, 2.75) is 129 Å². The van der Waals surface area contributed by atoms with Gasteiger partial charge in [-0.2, -0.15) is 13.2 Å². The first-order chi connectivity index (χ1) is 19.1. The van der Waals surface area contributed by atoms with Crippen molar-refractivity contribution in [2.75, 3.05) is 20.5 Å². The number of carbonyl (C=O) groups is 1. The van der Waals surface area contributed by atoms with Gasteiger partial charge >= 0.3 is 12.1 Å². The fourth-order valence-electron chi connectivity index (χ4n) is 3.40. The molecule has 0 saturated heterocycles. The summed E-state index contributed by atoms with van der Waals surface area (Å²) in [6.45, 7) is 13.5. The van der Waals surface area contributed by atoms with Crippen LogP contribution in [-0.4, -0.2) is 51.7 Å². The summed E-state index contributed by atoms with van der Waals surface area (Å²) in [5, 5.41) is 10.9. The number of methoxy groups -OCH3 is 1. The van der Waals surface area contributed by atoms with Crippen molar-refractivity contribution in [1.29, 1.82) is 0 Å². The summed E-state index contributed by atoms with van der Waals surface area (Å²) < 4.78 is 64.9. The smallest absolute Gasteiger partial charge is 0.429 e. The molecule has 0 aromatic rings. The summed E-state index contributed by atoms with van der Waals surface area (Å²) in [5.74, 6) is -1.16. The van der Waals surface area contributed by atoms with Gasteiger partial charge in [-0.15, -0.1) is 0 Å². The lowest BCUT2D eigenvalue weighted by Crippen LogP contribution is -2.47. The maximum atomic E-state index is 14.5. The molecular formula is C31H53F3O6Si. The lowest BCUT2D eigenvalue weighted by molar-refractivity contribution is -0.240. The van der Waals surface area contributed by atoms with E-state index in [4.69, 9.17) is 18.6 Å². The Morgan fingerprint density at radius 2 is 1.59 bits per heavy atom. The zero-order valence-corrected chi connectivity index (χ0v) is 27.4. The molecule has 0 fully saturated rings. The predicted molar refractivity (Wildman–Crippen MR) is 160 cm³/mol. The van der Waals surface area contributed by atoms with Crippen molar-refractivity contribution in [3.63, 3.8) is 0 Å². The highest BCUT2D eigenvalue weighted by atomic mass is 28.4. The number of halogens is 3. The summed E-state index contributed by atoms with van der Waals surface area (Å²) in [6, 6.07) is 0. The van der Waals surface area contributed by atoms with E-state index in [1.54, 1.807) is 13.0 Å². The average Bonchev–Trinajstić information content (AvgIpc) is 2.85. The second-order valence-electron chi connectivity index (χ2n) is 11.6. The first kappa shape index (κ1) is 39.0. The number of alkyl halides is 3. The second kappa shape index (κ2) is 19.2. The maximum Gasteiger partial charge on any atom is 0.429 e. The average molecular weight is 607 g/mol. The van der Waals surface area contributed by atoms with Gasteiger partial charge in [0.1, 0.15) is 5.76 Å². The minimum atomic E-state index is -5.13. The first-order valence-electron chi connectivity index (χ1n) is 14.7. The van der Waals surface area contributed by atoms with E-state index in [1.165, 1.54) is 19.3 Å². The number of aliphatic hydroxyl groups is 1. The number of hydrogen-bond acceptors (Lipinski definition) is 6. The predicted octanol–water partition coefficient (Wildman–Crippen LogP) is 8.89. The van der Waals surface area contributed by atoms with Crippen molar-refractivity contribution >= 4 is 14.3 Å². The Labute approximate surface area is 246 Å². The number of carbonyl (C=O) groups excluding carboxylic acids is 1. The van der Waals surface area contributed by atoms with Gasteiger partial charge in [0.05, 0.1) is 6.61 Å². The fourth-order valence-corrected chi connectivity index (χ4v) is 4.42. The Morgan fingerprint density at radius 1 is 0.951 bits per heavy atom. The Kier molecular flexibility index (Phi) is 18.3. The van der Waals surface area contributed by atoms with E-state index in [0.29, 0.717) is 44.8 Å². The van der Waals surface area contributed by atoms with Gasteiger partial charge < -0.3 is 23.7 Å². The summed E-state index contributed by atoms with van der Waals surface area (Å²) in [4.78, 5) is 11.5. The van der Waals surface area contributed by atoms with Gasteiger partial charge in [-0.3, -0.25) is 4.79 Å². The number of hydrogen-bond donors (Lipinski definition) is 1. The van der Waals surface area contributed by atoms with Crippen LogP contribution in [0.5, 0.6) is 0 Å². The summed E-state index contributed by atoms with van der Waals surface area (Å²) >= 11 is 0. The van der Waals surface area contributed by atoms with E-state index in [9.17, 15) is 23.1 Å². The van der Waals surface area contributed by atoms with Crippen LogP contribution in [0.15, 0.2) is 41.6 Å². The van der Waals surface area contributed by atoms with Crippen molar-refractivity contribution in [1.82, 2.24) is 0 Å². The summed E-state index contributed by atoms with van der Waals surface area (Å²) in [7, 11) is -1.28. The third-order valence-electron chi connectivity index (χ3n) is 6.90. The molecule has 0 aromatic carbocycles. The molecule has 1 unspecified atom stereocenters. The summed E-state index contributed by atoms with van der Waals surface area (Å²) in [6.07, 6.45) is 7.63. The van der Waals surface area contributed by atoms with E-state index in [1.807, 2.05) is 33.9 Å². The minimum absolute atomic E-state index is 0.0637. The van der Waals surface area contributed by atoms with Gasteiger partial charge in [-0.25, -0.2) is 0 Å². The highest BCUT2D eigenvalue weighted by molar-refractivity contribution is 6.74. The van der Waals surface area contributed by atoms with E-state index < -0.39 is 32.6 Å². The number of esters is 1. The van der Waals surface area contributed by atoms with E-state index >= 15 is 0 Å². The van der Waals surface area contributed by atoms with Crippen LogP contribution in [0.2, 0.25) is 18.1 Å². The molecule has 0 aliphatic heterocycles. The molecule has 0 rings (SSSR count). The Bertz CT molecular complexity index is 883. The van der Waals surface area contributed by atoms with Gasteiger partial charge in [-0.1, -0.05) is 65.2 Å². The van der Waals surface area contributed by atoms with Gasteiger partial charge in [0, 0.05) is 19.6 Å². The molecule has 0 aromatic heterocycles. The van der Waals surface area contributed by atoms with Crippen LogP contribution in [0, 0.1) is 0 Å². The Balaban J connectivity index is 6.29. The van der Waals surface area contributed by atoms with Gasteiger partial charge in [0.25, 0.3) is 0 Å². The van der Waals surface area contributed by atoms with Crippen LogP contribution in [0.1, 0.15) is 98.8 Å². The molecule has 0 saturated carbocycles. The zero-order chi connectivity index (χ0) is 31.6. The van der Waals surface area contributed by atoms with Gasteiger partial charge in [-0.05, 0) is 69.3 Å². The SMILES string of the molecule is CCCCCC/C=C/C(=C\C(O)(C(=C=CCCCCCC(=O)OCC)OCOC)C(F)(F)F)O[Si](C)(C)C(C)(C)C. The molecule has 41 heavy (non-hydrogen) atoms. The summed E-state index contributed by atoms with van der Waals surface area (Å²) in [5.41, 5.74) is -0.978. The van der Waals surface area contributed by atoms with E-state index in [2.05, 4.69) is 12.7 Å². The molecule has 0 amide bonds. The van der Waals surface area contributed by atoms with Crippen LogP contribution in [0.4, 0.5) is 13.2 Å². The van der Waals surface area contributed by atoms with Crippen LogP contribution < -0.4 is 0 Å². The lowest BCUT2D eigenvalue weighted by atomic mass is 9.99. The maximum absolute atomic E-state index is 14.5. The van der Waals surface area contributed by atoms with Gasteiger partial charge in [0.15, 0.2) is 12.6 Å². The number of allylic oxidation sites excluding steroid dienone is 2. The molecule has 0 heterocycles. The Morgan fingerprint density at radius 3 is 2.15 bits per heavy atom. The zero-order valence-electron chi connectivity index (χ0n) is 26.4. The highest BCUT2D eigenvalue weighted by Gasteiger charge is 2.57. The van der Waals surface area contributed by atoms with Crippen LogP contribution in [-0.2, 0) is 23.4 Å². The van der Waals surface area contributed by atoms with E-state index in [-0.39, 0.29) is 23.2 Å². The van der Waals surface area contributed by atoms with Crippen molar-refractivity contribution < 1.29 is 41.7 Å². The van der Waals surface area contributed by atoms with E-state index in [0.717, 1.165) is 25.7 Å². The minimum Gasteiger partial charge on any atom is -0.544 e. The molecule has 0 aliphatic rings. The van der Waals surface area contributed by atoms with Crippen molar-refractivity contribution in [3.05, 3.63) is 41.6 Å². The molecule has 1 atom stereocenters. The van der Waals surface area contributed by atoms with Crippen molar-refractivity contribution in [2.24, 2.45) is 0 Å². The monoisotopic (exact) mass is 606 g/mol. The number of ether oxygens (including phenoxy) is 3. The van der Waals surface area contributed by atoms with Crippen LogP contribution in [0.3, 0.4) is 0 Å². The quantitative estimate of drug-likeness (QED) is 0.0284.